The minimum Gasteiger partial charge on any atom is -0.257 e. The Kier molecular flexibility index (Phi) is 2.71. The van der Waals surface area contributed by atoms with Crippen LogP contribution in [0.3, 0.4) is 0 Å². The second-order valence-electron chi connectivity index (χ2n) is 4.51. The van der Waals surface area contributed by atoms with Gasteiger partial charge in [-0.15, -0.1) is 0 Å². The van der Waals surface area contributed by atoms with E-state index in [1.807, 2.05) is 19.9 Å². The molecule has 3 rings (SSSR count). The SMILES string of the molecule is Cc1cnc(C)c(-c2cnc3cc(F)ccc3c2)n1. The molecular weight excluding hydrogens is 241 g/mol. The maximum absolute atomic E-state index is 13.1. The van der Waals surface area contributed by atoms with Crippen molar-refractivity contribution in [2.45, 2.75) is 13.8 Å². The molecule has 0 bridgehead atoms. The van der Waals surface area contributed by atoms with Crippen LogP contribution in [0, 0.1) is 19.7 Å². The van der Waals surface area contributed by atoms with Crippen LogP contribution >= 0.6 is 0 Å². The van der Waals surface area contributed by atoms with Gasteiger partial charge in [-0.2, -0.15) is 0 Å². The zero-order valence-corrected chi connectivity index (χ0v) is 10.7. The minimum absolute atomic E-state index is 0.278. The number of hydrogen-bond acceptors (Lipinski definition) is 3. The lowest BCUT2D eigenvalue weighted by atomic mass is 10.1. The van der Waals surface area contributed by atoms with Crippen LogP contribution in [0.2, 0.25) is 0 Å². The normalized spacial score (nSPS) is 10.9. The van der Waals surface area contributed by atoms with E-state index in [1.54, 1.807) is 18.5 Å². The number of pyridine rings is 1. The van der Waals surface area contributed by atoms with Gasteiger partial charge in [0.2, 0.25) is 0 Å². The zero-order chi connectivity index (χ0) is 13.4. The summed E-state index contributed by atoms with van der Waals surface area (Å²) in [6.07, 6.45) is 3.45. The molecule has 2 aromatic heterocycles. The van der Waals surface area contributed by atoms with Crippen molar-refractivity contribution in [1.29, 1.82) is 0 Å². The molecule has 0 atom stereocenters. The molecule has 3 aromatic rings. The maximum atomic E-state index is 13.1. The number of benzene rings is 1. The van der Waals surface area contributed by atoms with Gasteiger partial charge in [-0.25, -0.2) is 9.37 Å². The molecule has 0 unspecified atom stereocenters. The summed E-state index contributed by atoms with van der Waals surface area (Å²) in [5.74, 6) is -0.278. The molecule has 0 spiro atoms. The summed E-state index contributed by atoms with van der Waals surface area (Å²) in [7, 11) is 0. The van der Waals surface area contributed by atoms with Crippen molar-refractivity contribution in [1.82, 2.24) is 15.0 Å². The number of aryl methyl sites for hydroxylation is 2. The molecule has 0 radical (unpaired) electrons. The Morgan fingerprint density at radius 2 is 1.84 bits per heavy atom. The van der Waals surface area contributed by atoms with Gasteiger partial charge in [0.15, 0.2) is 0 Å². The summed E-state index contributed by atoms with van der Waals surface area (Å²) in [5.41, 5.74) is 4.07. The van der Waals surface area contributed by atoms with Crippen LogP contribution < -0.4 is 0 Å². The first-order chi connectivity index (χ1) is 9.13. The average Bonchev–Trinajstić information content (AvgIpc) is 2.41. The first kappa shape index (κ1) is 11.7. The number of fused-ring (bicyclic) bond motifs is 1. The summed E-state index contributed by atoms with van der Waals surface area (Å²) in [4.78, 5) is 13.1. The molecule has 0 aliphatic rings. The predicted molar refractivity (Wildman–Crippen MR) is 72.2 cm³/mol. The van der Waals surface area contributed by atoms with Crippen molar-refractivity contribution in [3.8, 4) is 11.3 Å². The topological polar surface area (TPSA) is 38.7 Å². The molecule has 0 aliphatic heterocycles. The van der Waals surface area contributed by atoms with Gasteiger partial charge in [0.25, 0.3) is 0 Å². The molecule has 0 N–H and O–H groups in total. The number of aromatic nitrogens is 3. The fraction of sp³-hybridized carbons (Fsp3) is 0.133. The Morgan fingerprint density at radius 1 is 1.00 bits per heavy atom. The van der Waals surface area contributed by atoms with Gasteiger partial charge in [-0.1, -0.05) is 0 Å². The lowest BCUT2D eigenvalue weighted by molar-refractivity contribution is 0.629. The van der Waals surface area contributed by atoms with Gasteiger partial charge in [-0.3, -0.25) is 9.97 Å². The third-order valence-corrected chi connectivity index (χ3v) is 3.00. The first-order valence-electron chi connectivity index (χ1n) is 5.99. The number of rotatable bonds is 1. The predicted octanol–water partition coefficient (Wildman–Crippen LogP) is 3.45. The second-order valence-corrected chi connectivity index (χ2v) is 4.51. The quantitative estimate of drug-likeness (QED) is 0.666. The van der Waals surface area contributed by atoms with E-state index in [1.165, 1.54) is 12.1 Å². The molecule has 0 amide bonds. The summed E-state index contributed by atoms with van der Waals surface area (Å²) in [6, 6.07) is 6.54. The van der Waals surface area contributed by atoms with E-state index >= 15 is 0 Å². The Labute approximate surface area is 110 Å². The largest absolute Gasteiger partial charge is 0.257 e. The second kappa shape index (κ2) is 4.39. The van der Waals surface area contributed by atoms with Crippen molar-refractivity contribution in [2.75, 3.05) is 0 Å². The number of hydrogen-bond donors (Lipinski definition) is 0. The van der Waals surface area contributed by atoms with Gasteiger partial charge >= 0.3 is 0 Å². The molecule has 0 fully saturated rings. The van der Waals surface area contributed by atoms with Gasteiger partial charge in [-0.05, 0) is 32.0 Å². The summed E-state index contributed by atoms with van der Waals surface area (Å²) in [6.45, 7) is 3.82. The highest BCUT2D eigenvalue weighted by molar-refractivity contribution is 5.83. The Balaban J connectivity index is 2.20. The van der Waals surface area contributed by atoms with Gasteiger partial charge < -0.3 is 0 Å². The van der Waals surface area contributed by atoms with E-state index in [4.69, 9.17) is 0 Å². The fourth-order valence-electron chi connectivity index (χ4n) is 2.04. The van der Waals surface area contributed by atoms with Gasteiger partial charge in [0.1, 0.15) is 5.82 Å². The molecule has 3 nitrogen and oxygen atoms in total. The molecule has 4 heteroatoms. The summed E-state index contributed by atoms with van der Waals surface area (Å²) in [5, 5.41) is 0.890. The first-order valence-corrected chi connectivity index (χ1v) is 5.99. The van der Waals surface area contributed by atoms with Crippen LogP contribution in [-0.4, -0.2) is 15.0 Å². The molecule has 0 aliphatic carbocycles. The lowest BCUT2D eigenvalue weighted by Gasteiger charge is -2.06. The van der Waals surface area contributed by atoms with Crippen LogP contribution in [0.25, 0.3) is 22.2 Å². The zero-order valence-electron chi connectivity index (χ0n) is 10.7. The van der Waals surface area contributed by atoms with E-state index in [-0.39, 0.29) is 5.82 Å². The van der Waals surface area contributed by atoms with Crippen molar-refractivity contribution < 1.29 is 4.39 Å². The van der Waals surface area contributed by atoms with Crippen molar-refractivity contribution >= 4 is 10.9 Å². The van der Waals surface area contributed by atoms with Crippen LogP contribution in [0.4, 0.5) is 4.39 Å². The Bertz CT molecular complexity index is 768. The molecule has 19 heavy (non-hydrogen) atoms. The number of nitrogens with zero attached hydrogens (tertiary/aromatic N) is 3. The number of halogens is 1. The lowest BCUT2D eigenvalue weighted by Crippen LogP contribution is -1.95. The molecule has 94 valence electrons. The van der Waals surface area contributed by atoms with E-state index in [9.17, 15) is 4.39 Å². The standard InChI is InChI=1S/C15H12FN3/c1-9-7-17-10(2)15(19-9)12-5-11-3-4-13(16)6-14(11)18-8-12/h3-8H,1-2H3. The van der Waals surface area contributed by atoms with E-state index < -0.39 is 0 Å². The minimum atomic E-state index is -0.278. The van der Waals surface area contributed by atoms with Crippen molar-refractivity contribution in [2.24, 2.45) is 0 Å². The summed E-state index contributed by atoms with van der Waals surface area (Å²) < 4.78 is 13.1. The fourth-order valence-corrected chi connectivity index (χ4v) is 2.04. The van der Waals surface area contributed by atoms with Crippen LogP contribution in [0.1, 0.15) is 11.4 Å². The molecule has 2 heterocycles. The van der Waals surface area contributed by atoms with E-state index in [0.29, 0.717) is 5.52 Å². The Hall–Kier alpha value is -2.36. The smallest absolute Gasteiger partial charge is 0.125 e. The monoisotopic (exact) mass is 253 g/mol. The molecule has 0 saturated carbocycles. The van der Waals surface area contributed by atoms with Gasteiger partial charge in [0, 0.05) is 29.4 Å². The van der Waals surface area contributed by atoms with Crippen molar-refractivity contribution in [3.05, 3.63) is 53.9 Å². The van der Waals surface area contributed by atoms with E-state index in [0.717, 1.165) is 28.0 Å². The summed E-state index contributed by atoms with van der Waals surface area (Å²) >= 11 is 0. The third kappa shape index (κ3) is 2.17. The van der Waals surface area contributed by atoms with Crippen LogP contribution in [0.15, 0.2) is 36.7 Å². The average molecular weight is 253 g/mol. The highest BCUT2D eigenvalue weighted by atomic mass is 19.1. The highest BCUT2D eigenvalue weighted by Gasteiger charge is 2.07. The van der Waals surface area contributed by atoms with Crippen LogP contribution in [-0.2, 0) is 0 Å². The van der Waals surface area contributed by atoms with Crippen LogP contribution in [0.5, 0.6) is 0 Å². The Morgan fingerprint density at radius 3 is 2.68 bits per heavy atom. The molecular formula is C15H12FN3. The third-order valence-electron chi connectivity index (χ3n) is 3.00. The van der Waals surface area contributed by atoms with Crippen molar-refractivity contribution in [3.63, 3.8) is 0 Å². The van der Waals surface area contributed by atoms with E-state index in [2.05, 4.69) is 15.0 Å². The maximum Gasteiger partial charge on any atom is 0.125 e. The highest BCUT2D eigenvalue weighted by Crippen LogP contribution is 2.23. The molecule has 0 saturated heterocycles. The van der Waals surface area contributed by atoms with Gasteiger partial charge in [0.05, 0.1) is 22.6 Å². The molecule has 1 aromatic carbocycles.